The maximum absolute atomic E-state index is 10.9. The Morgan fingerprint density at radius 2 is 1.91 bits per heavy atom. The van der Waals surface area contributed by atoms with E-state index in [2.05, 4.69) is 10.2 Å². The first-order chi connectivity index (χ1) is 11.1. The predicted octanol–water partition coefficient (Wildman–Crippen LogP) is 3.06. The molecule has 0 unspecified atom stereocenters. The number of hydrogen-bond acceptors (Lipinski definition) is 4. The highest BCUT2D eigenvalue weighted by Gasteiger charge is 2.15. The molecule has 0 aliphatic heterocycles. The Bertz CT molecular complexity index is 828. The van der Waals surface area contributed by atoms with Crippen molar-refractivity contribution in [1.29, 1.82) is 0 Å². The Labute approximate surface area is 132 Å². The molecule has 0 radical (unpaired) electrons. The molecule has 3 aromatic rings. The molecular formula is C17H14N2O4. The fourth-order valence-corrected chi connectivity index (χ4v) is 2.15. The van der Waals surface area contributed by atoms with Gasteiger partial charge in [-0.3, -0.25) is 5.10 Å². The van der Waals surface area contributed by atoms with Gasteiger partial charge in [-0.25, -0.2) is 4.79 Å². The molecular weight excluding hydrogens is 296 g/mol. The SMILES string of the molecule is O=C(O)c1cc(-c2cccc(OCc3ccccc3)c2O)n[nH]1. The molecule has 0 aliphatic rings. The minimum absolute atomic E-state index is 0.0463. The van der Waals surface area contributed by atoms with E-state index in [1.54, 1.807) is 18.2 Å². The monoisotopic (exact) mass is 310 g/mol. The predicted molar refractivity (Wildman–Crippen MR) is 83.4 cm³/mol. The fraction of sp³-hybridized carbons (Fsp3) is 0.0588. The lowest BCUT2D eigenvalue weighted by molar-refractivity contribution is 0.0690. The van der Waals surface area contributed by atoms with Crippen LogP contribution in [-0.4, -0.2) is 26.4 Å². The van der Waals surface area contributed by atoms with Gasteiger partial charge < -0.3 is 14.9 Å². The third-order valence-electron chi connectivity index (χ3n) is 3.32. The molecule has 0 fully saturated rings. The van der Waals surface area contributed by atoms with Gasteiger partial charge in [-0.15, -0.1) is 0 Å². The minimum atomic E-state index is -1.11. The number of carboxylic acids is 1. The van der Waals surface area contributed by atoms with Crippen LogP contribution in [0.5, 0.6) is 11.5 Å². The molecule has 3 N–H and O–H groups in total. The topological polar surface area (TPSA) is 95.4 Å². The van der Waals surface area contributed by atoms with Crippen molar-refractivity contribution in [2.75, 3.05) is 0 Å². The molecule has 0 saturated heterocycles. The number of H-pyrrole nitrogens is 1. The lowest BCUT2D eigenvalue weighted by Crippen LogP contribution is -1.96. The first-order valence-corrected chi connectivity index (χ1v) is 6.93. The summed E-state index contributed by atoms with van der Waals surface area (Å²) >= 11 is 0. The van der Waals surface area contributed by atoms with Crippen LogP contribution in [0.4, 0.5) is 0 Å². The lowest BCUT2D eigenvalue weighted by atomic mass is 10.1. The normalized spacial score (nSPS) is 10.4. The van der Waals surface area contributed by atoms with E-state index in [0.717, 1.165) is 5.56 Å². The summed E-state index contributed by atoms with van der Waals surface area (Å²) in [6.45, 7) is 0.318. The van der Waals surface area contributed by atoms with Crippen molar-refractivity contribution in [3.8, 4) is 22.8 Å². The number of aromatic carboxylic acids is 1. The highest BCUT2D eigenvalue weighted by atomic mass is 16.5. The number of aromatic hydroxyl groups is 1. The van der Waals surface area contributed by atoms with Crippen LogP contribution in [0.25, 0.3) is 11.3 Å². The van der Waals surface area contributed by atoms with E-state index in [9.17, 15) is 9.90 Å². The van der Waals surface area contributed by atoms with E-state index >= 15 is 0 Å². The van der Waals surface area contributed by atoms with Gasteiger partial charge in [0.25, 0.3) is 0 Å². The number of carboxylic acid groups (broad SMARTS) is 1. The molecule has 1 aromatic heterocycles. The van der Waals surface area contributed by atoms with E-state index < -0.39 is 5.97 Å². The Hall–Kier alpha value is -3.28. The van der Waals surface area contributed by atoms with Gasteiger partial charge in [-0.2, -0.15) is 5.10 Å². The van der Waals surface area contributed by atoms with Crippen molar-refractivity contribution < 1.29 is 19.7 Å². The number of benzene rings is 2. The molecule has 0 aliphatic carbocycles. The summed E-state index contributed by atoms with van der Waals surface area (Å²) in [7, 11) is 0. The number of nitrogens with zero attached hydrogens (tertiary/aromatic N) is 1. The second kappa shape index (κ2) is 6.23. The van der Waals surface area contributed by atoms with Gasteiger partial charge in [0.1, 0.15) is 12.3 Å². The van der Waals surface area contributed by atoms with E-state index in [1.165, 1.54) is 6.07 Å². The lowest BCUT2D eigenvalue weighted by Gasteiger charge is -2.10. The number of aromatic amines is 1. The number of nitrogens with one attached hydrogen (secondary N) is 1. The van der Waals surface area contributed by atoms with Crippen LogP contribution in [0.1, 0.15) is 16.1 Å². The highest BCUT2D eigenvalue weighted by Crippen LogP contribution is 2.36. The second-order valence-electron chi connectivity index (χ2n) is 4.90. The molecule has 3 rings (SSSR count). The van der Waals surface area contributed by atoms with Gasteiger partial charge >= 0.3 is 5.97 Å². The summed E-state index contributed by atoms with van der Waals surface area (Å²) in [6.07, 6.45) is 0. The third-order valence-corrected chi connectivity index (χ3v) is 3.32. The zero-order chi connectivity index (χ0) is 16.2. The van der Waals surface area contributed by atoms with Crippen LogP contribution in [0, 0.1) is 0 Å². The Morgan fingerprint density at radius 3 is 2.61 bits per heavy atom. The Kier molecular flexibility index (Phi) is 3.97. The molecule has 0 bridgehead atoms. The standard InChI is InChI=1S/C17H14N2O4/c20-16-12(13-9-14(17(21)22)19-18-13)7-4-8-15(16)23-10-11-5-2-1-3-6-11/h1-9,20H,10H2,(H,18,19)(H,21,22). The van der Waals surface area contributed by atoms with Gasteiger partial charge in [0.2, 0.25) is 0 Å². The first kappa shape index (κ1) is 14.6. The third kappa shape index (κ3) is 3.16. The molecule has 23 heavy (non-hydrogen) atoms. The van der Waals surface area contributed by atoms with Crippen LogP contribution in [0.3, 0.4) is 0 Å². The molecule has 0 spiro atoms. The molecule has 1 heterocycles. The molecule has 0 saturated carbocycles. The largest absolute Gasteiger partial charge is 0.504 e. The number of ether oxygens (including phenoxy) is 1. The number of hydrogen-bond donors (Lipinski definition) is 3. The van der Waals surface area contributed by atoms with Crippen LogP contribution >= 0.6 is 0 Å². The van der Waals surface area contributed by atoms with Gasteiger partial charge in [-0.1, -0.05) is 36.4 Å². The van der Waals surface area contributed by atoms with Crippen molar-refractivity contribution in [1.82, 2.24) is 10.2 Å². The number of para-hydroxylation sites is 1. The zero-order valence-corrected chi connectivity index (χ0v) is 12.1. The smallest absolute Gasteiger partial charge is 0.353 e. The quantitative estimate of drug-likeness (QED) is 0.673. The zero-order valence-electron chi connectivity index (χ0n) is 12.1. The second-order valence-corrected chi connectivity index (χ2v) is 4.90. The van der Waals surface area contributed by atoms with Crippen molar-refractivity contribution in [3.63, 3.8) is 0 Å². The number of rotatable bonds is 5. The maximum atomic E-state index is 10.9. The van der Waals surface area contributed by atoms with E-state index in [1.807, 2.05) is 30.3 Å². The van der Waals surface area contributed by atoms with Gasteiger partial charge in [0, 0.05) is 5.56 Å². The van der Waals surface area contributed by atoms with Crippen molar-refractivity contribution >= 4 is 5.97 Å². The van der Waals surface area contributed by atoms with Crippen LogP contribution in [-0.2, 0) is 6.61 Å². The van der Waals surface area contributed by atoms with Crippen LogP contribution in [0.2, 0.25) is 0 Å². The van der Waals surface area contributed by atoms with Gasteiger partial charge in [0.05, 0.1) is 5.69 Å². The summed E-state index contributed by atoms with van der Waals surface area (Å²) in [5.74, 6) is -0.877. The molecule has 0 amide bonds. The number of carbonyl (C=O) groups is 1. The number of phenolic OH excluding ortho intramolecular Hbond substituents is 1. The average molecular weight is 310 g/mol. The maximum Gasteiger partial charge on any atom is 0.353 e. The molecule has 6 heteroatoms. The van der Waals surface area contributed by atoms with Gasteiger partial charge in [-0.05, 0) is 23.8 Å². The summed E-state index contributed by atoms with van der Waals surface area (Å²) in [5.41, 5.74) is 1.67. The molecule has 0 atom stereocenters. The Balaban J connectivity index is 1.84. The van der Waals surface area contributed by atoms with E-state index in [4.69, 9.17) is 9.84 Å². The summed E-state index contributed by atoms with van der Waals surface area (Å²) < 4.78 is 5.63. The summed E-state index contributed by atoms with van der Waals surface area (Å²) in [6, 6.07) is 15.9. The van der Waals surface area contributed by atoms with Crippen LogP contribution in [0.15, 0.2) is 54.6 Å². The highest BCUT2D eigenvalue weighted by molar-refractivity contribution is 5.87. The van der Waals surface area contributed by atoms with Crippen molar-refractivity contribution in [3.05, 3.63) is 65.9 Å². The molecule has 6 nitrogen and oxygen atoms in total. The van der Waals surface area contributed by atoms with E-state index in [-0.39, 0.29) is 11.4 Å². The minimum Gasteiger partial charge on any atom is -0.504 e. The summed E-state index contributed by atoms with van der Waals surface area (Å²) in [4.78, 5) is 10.9. The first-order valence-electron chi connectivity index (χ1n) is 6.93. The van der Waals surface area contributed by atoms with Crippen LogP contribution < -0.4 is 4.74 Å². The molecule has 116 valence electrons. The van der Waals surface area contributed by atoms with E-state index in [0.29, 0.717) is 23.6 Å². The number of aromatic nitrogens is 2. The Morgan fingerprint density at radius 1 is 1.13 bits per heavy atom. The van der Waals surface area contributed by atoms with Gasteiger partial charge in [0.15, 0.2) is 11.5 Å². The average Bonchev–Trinajstić information content (AvgIpc) is 3.05. The summed E-state index contributed by atoms with van der Waals surface area (Å²) in [5, 5.41) is 25.6. The van der Waals surface area contributed by atoms with Crippen molar-refractivity contribution in [2.45, 2.75) is 6.61 Å². The molecule has 2 aromatic carbocycles. The fourth-order valence-electron chi connectivity index (χ4n) is 2.15. The number of phenols is 1. The van der Waals surface area contributed by atoms with Crippen molar-refractivity contribution in [2.24, 2.45) is 0 Å².